The topological polar surface area (TPSA) is 113 Å². The Labute approximate surface area is 118 Å². The van der Waals surface area contributed by atoms with Crippen LogP contribution in [0, 0.1) is 11.8 Å². The second-order valence-corrected chi connectivity index (χ2v) is 5.95. The summed E-state index contributed by atoms with van der Waals surface area (Å²) in [5.41, 5.74) is 3.84. The molecule has 0 aromatic rings. The van der Waals surface area contributed by atoms with E-state index < -0.39 is 23.4 Å². The summed E-state index contributed by atoms with van der Waals surface area (Å²) in [5, 5.41) is 11.9. The highest BCUT2D eigenvalue weighted by Gasteiger charge is 2.49. The smallest absolute Gasteiger partial charge is 0.329 e. The predicted octanol–water partition coefficient (Wildman–Crippen LogP) is 0.393. The molecular weight excluding hydrogens is 262 g/mol. The molecule has 0 heterocycles. The van der Waals surface area contributed by atoms with Gasteiger partial charge in [-0.15, -0.1) is 0 Å². The zero-order valence-electron chi connectivity index (χ0n) is 12.2. The zero-order chi connectivity index (χ0) is 15.5. The Morgan fingerprint density at radius 2 is 1.95 bits per heavy atom. The number of nitrogens with one attached hydrogen (secondary N) is 1. The highest BCUT2D eigenvalue weighted by Crippen LogP contribution is 2.39. The molecule has 0 spiro atoms. The van der Waals surface area contributed by atoms with E-state index in [0.717, 1.165) is 12.8 Å². The Morgan fingerprint density at radius 3 is 2.30 bits per heavy atom. The van der Waals surface area contributed by atoms with E-state index in [2.05, 4.69) is 5.32 Å². The van der Waals surface area contributed by atoms with Crippen LogP contribution < -0.4 is 11.1 Å². The molecule has 1 fully saturated rings. The number of carbonyl (C=O) groups excluding carboxylic acids is 2. The first-order chi connectivity index (χ1) is 9.16. The van der Waals surface area contributed by atoms with E-state index >= 15 is 0 Å². The summed E-state index contributed by atoms with van der Waals surface area (Å²) < 4.78 is 0. The van der Waals surface area contributed by atoms with Crippen molar-refractivity contribution in [2.45, 2.75) is 39.2 Å². The van der Waals surface area contributed by atoms with Crippen LogP contribution in [0.1, 0.15) is 33.6 Å². The van der Waals surface area contributed by atoms with Gasteiger partial charge in [-0.1, -0.05) is 13.8 Å². The van der Waals surface area contributed by atoms with Crippen molar-refractivity contribution in [3.63, 3.8) is 0 Å². The van der Waals surface area contributed by atoms with Gasteiger partial charge in [0.05, 0.1) is 0 Å². The first kappa shape index (κ1) is 16.3. The predicted molar refractivity (Wildman–Crippen MR) is 72.9 cm³/mol. The third-order valence-electron chi connectivity index (χ3n) is 3.42. The minimum atomic E-state index is -1.29. The van der Waals surface area contributed by atoms with Crippen molar-refractivity contribution in [3.8, 4) is 0 Å². The van der Waals surface area contributed by atoms with Crippen LogP contribution in [0.5, 0.6) is 0 Å². The molecule has 114 valence electrons. The number of nitrogens with zero attached hydrogens (tertiary/aromatic N) is 1. The van der Waals surface area contributed by atoms with Gasteiger partial charge in [-0.2, -0.15) is 0 Å². The molecule has 1 saturated carbocycles. The van der Waals surface area contributed by atoms with Crippen molar-refractivity contribution in [1.29, 1.82) is 0 Å². The maximum Gasteiger partial charge on any atom is 0.329 e. The molecule has 7 nitrogen and oxygen atoms in total. The number of amides is 3. The van der Waals surface area contributed by atoms with Crippen molar-refractivity contribution in [2.75, 3.05) is 13.1 Å². The lowest BCUT2D eigenvalue weighted by Gasteiger charge is -2.31. The zero-order valence-corrected chi connectivity index (χ0v) is 12.2. The molecule has 7 heteroatoms. The number of primary amides is 1. The second kappa shape index (κ2) is 6.11. The van der Waals surface area contributed by atoms with Gasteiger partial charge in [0.25, 0.3) is 0 Å². The number of nitrogens with two attached hydrogens (primary N) is 1. The molecule has 1 unspecified atom stereocenters. The number of hydrogen-bond acceptors (Lipinski definition) is 3. The first-order valence-electron chi connectivity index (χ1n) is 6.75. The van der Waals surface area contributed by atoms with E-state index in [1.807, 2.05) is 13.8 Å². The van der Waals surface area contributed by atoms with E-state index in [-0.39, 0.29) is 18.4 Å². The number of aliphatic carboxylic acids is 1. The molecular formula is C13H23N3O4. The Bertz CT molecular complexity index is 406. The third-order valence-corrected chi connectivity index (χ3v) is 3.42. The van der Waals surface area contributed by atoms with Crippen LogP contribution in [0.25, 0.3) is 0 Å². The molecule has 1 rings (SSSR count). The number of carbonyl (C=O) groups is 3. The fraction of sp³-hybridized carbons (Fsp3) is 0.769. The summed E-state index contributed by atoms with van der Waals surface area (Å²) in [6, 6.07) is -0.561. The molecule has 0 aliphatic heterocycles. The molecule has 3 amide bonds. The highest BCUT2D eigenvalue weighted by molar-refractivity contribution is 5.88. The average molecular weight is 285 g/mol. The van der Waals surface area contributed by atoms with Crippen LogP contribution in [-0.2, 0) is 9.59 Å². The number of rotatable bonds is 7. The number of carboxylic acid groups (broad SMARTS) is 1. The van der Waals surface area contributed by atoms with E-state index in [0.29, 0.717) is 6.54 Å². The summed E-state index contributed by atoms with van der Waals surface area (Å²) in [4.78, 5) is 35.9. The van der Waals surface area contributed by atoms with Gasteiger partial charge in [0.15, 0.2) is 0 Å². The molecule has 4 N–H and O–H groups in total. The standard InChI is InChI=1S/C13H23N3O4/c1-8(2)6-16(7-10(14)17)12(20)15-13(3,11(18)19)9-4-5-9/h8-9H,4-7H2,1-3H3,(H2,14,17)(H,15,20)(H,18,19). The van der Waals surface area contributed by atoms with Gasteiger partial charge in [-0.3, -0.25) is 4.79 Å². The second-order valence-electron chi connectivity index (χ2n) is 5.95. The maximum absolute atomic E-state index is 12.2. The summed E-state index contributed by atoms with van der Waals surface area (Å²) >= 11 is 0. The summed E-state index contributed by atoms with van der Waals surface area (Å²) in [7, 11) is 0. The molecule has 0 aromatic carbocycles. The summed E-state index contributed by atoms with van der Waals surface area (Å²) in [6.07, 6.45) is 1.56. The van der Waals surface area contributed by atoms with Crippen molar-refractivity contribution in [1.82, 2.24) is 10.2 Å². The Morgan fingerprint density at radius 1 is 1.40 bits per heavy atom. The molecule has 0 radical (unpaired) electrons. The van der Waals surface area contributed by atoms with Crippen LogP contribution in [0.2, 0.25) is 0 Å². The third kappa shape index (κ3) is 4.11. The lowest BCUT2D eigenvalue weighted by molar-refractivity contribution is -0.144. The lowest BCUT2D eigenvalue weighted by Crippen LogP contribution is -2.58. The fourth-order valence-electron chi connectivity index (χ4n) is 2.14. The lowest BCUT2D eigenvalue weighted by atomic mass is 9.96. The maximum atomic E-state index is 12.2. The van der Waals surface area contributed by atoms with E-state index in [4.69, 9.17) is 5.73 Å². The monoisotopic (exact) mass is 285 g/mol. The quantitative estimate of drug-likeness (QED) is 0.628. The van der Waals surface area contributed by atoms with Crippen LogP contribution in [0.3, 0.4) is 0 Å². The molecule has 0 bridgehead atoms. The van der Waals surface area contributed by atoms with Gasteiger partial charge >= 0.3 is 12.0 Å². The average Bonchev–Trinajstić information content (AvgIpc) is 3.10. The minimum Gasteiger partial charge on any atom is -0.480 e. The van der Waals surface area contributed by atoms with Gasteiger partial charge < -0.3 is 21.1 Å². The van der Waals surface area contributed by atoms with Gasteiger partial charge in [0.2, 0.25) is 5.91 Å². The van der Waals surface area contributed by atoms with Crippen LogP contribution in [0.4, 0.5) is 4.79 Å². The molecule has 1 aliphatic carbocycles. The number of carboxylic acids is 1. The van der Waals surface area contributed by atoms with E-state index in [1.165, 1.54) is 11.8 Å². The summed E-state index contributed by atoms with van der Waals surface area (Å²) in [5.74, 6) is -1.59. The van der Waals surface area contributed by atoms with E-state index in [9.17, 15) is 19.5 Å². The SMILES string of the molecule is CC(C)CN(CC(N)=O)C(=O)NC(C)(C(=O)O)C1CC1. The van der Waals surface area contributed by atoms with Crippen LogP contribution in [0.15, 0.2) is 0 Å². The molecule has 20 heavy (non-hydrogen) atoms. The Balaban J connectivity index is 2.78. The van der Waals surface area contributed by atoms with Crippen molar-refractivity contribution < 1.29 is 19.5 Å². The van der Waals surface area contributed by atoms with Crippen LogP contribution in [-0.4, -0.2) is 46.5 Å². The minimum absolute atomic E-state index is 0.0570. The molecule has 0 saturated heterocycles. The normalized spacial score (nSPS) is 17.4. The van der Waals surface area contributed by atoms with Gasteiger partial charge in [-0.25, -0.2) is 9.59 Å². The molecule has 1 atom stereocenters. The Kier molecular flexibility index (Phi) is 4.97. The van der Waals surface area contributed by atoms with Gasteiger partial charge in [-0.05, 0) is 31.6 Å². The van der Waals surface area contributed by atoms with Crippen molar-refractivity contribution in [2.24, 2.45) is 17.6 Å². The summed E-state index contributed by atoms with van der Waals surface area (Å²) in [6.45, 7) is 5.43. The fourth-order valence-corrected chi connectivity index (χ4v) is 2.14. The van der Waals surface area contributed by atoms with Gasteiger partial charge in [0, 0.05) is 6.54 Å². The molecule has 1 aliphatic rings. The van der Waals surface area contributed by atoms with Crippen LogP contribution >= 0.6 is 0 Å². The van der Waals surface area contributed by atoms with Crippen molar-refractivity contribution in [3.05, 3.63) is 0 Å². The van der Waals surface area contributed by atoms with Gasteiger partial charge in [0.1, 0.15) is 12.1 Å². The molecule has 0 aromatic heterocycles. The van der Waals surface area contributed by atoms with E-state index in [1.54, 1.807) is 0 Å². The number of urea groups is 1. The van der Waals surface area contributed by atoms with Crippen molar-refractivity contribution >= 4 is 17.9 Å². The highest BCUT2D eigenvalue weighted by atomic mass is 16.4. The number of hydrogen-bond donors (Lipinski definition) is 3. The largest absolute Gasteiger partial charge is 0.480 e. The first-order valence-corrected chi connectivity index (χ1v) is 6.75. The Hall–Kier alpha value is -1.79.